The van der Waals surface area contributed by atoms with Crippen molar-refractivity contribution in [3.05, 3.63) is 36.2 Å². The average molecular weight is 414 g/mol. The summed E-state index contributed by atoms with van der Waals surface area (Å²) < 4.78 is 12.7. The zero-order valence-electron chi connectivity index (χ0n) is 17.9. The molecule has 7 heteroatoms. The summed E-state index contributed by atoms with van der Waals surface area (Å²) in [7, 11) is 1.65. The van der Waals surface area contributed by atoms with Crippen LogP contribution >= 0.6 is 0 Å². The van der Waals surface area contributed by atoms with Gasteiger partial charge in [0.05, 0.1) is 18.5 Å². The lowest BCUT2D eigenvalue weighted by Crippen LogP contribution is -2.65. The van der Waals surface area contributed by atoms with Crippen molar-refractivity contribution in [3.63, 3.8) is 0 Å². The monoisotopic (exact) mass is 413 g/mol. The number of hydrogen-bond donors (Lipinski definition) is 1. The number of aromatic nitrogens is 1. The third kappa shape index (κ3) is 3.78. The summed E-state index contributed by atoms with van der Waals surface area (Å²) in [6.45, 7) is 3.29. The molecular weight excluding hydrogens is 382 g/mol. The summed E-state index contributed by atoms with van der Waals surface area (Å²) in [6, 6.07) is 7.60. The predicted molar refractivity (Wildman–Crippen MR) is 113 cm³/mol. The molecule has 0 spiro atoms. The van der Waals surface area contributed by atoms with Gasteiger partial charge in [-0.3, -0.25) is 9.59 Å². The Balaban J connectivity index is 1.66. The van der Waals surface area contributed by atoms with Crippen molar-refractivity contribution in [1.29, 1.82) is 0 Å². The van der Waals surface area contributed by atoms with Crippen molar-refractivity contribution >= 4 is 11.8 Å². The number of amides is 2. The summed E-state index contributed by atoms with van der Waals surface area (Å²) in [5.74, 6) is 0.485. The van der Waals surface area contributed by atoms with Crippen LogP contribution < -0.4 is 5.32 Å². The first kappa shape index (κ1) is 20.7. The van der Waals surface area contributed by atoms with Crippen molar-refractivity contribution in [2.45, 2.75) is 63.6 Å². The summed E-state index contributed by atoms with van der Waals surface area (Å²) >= 11 is 0. The molecule has 1 aliphatic heterocycles. The molecule has 2 aromatic rings. The fourth-order valence-electron chi connectivity index (χ4n) is 4.72. The predicted octanol–water partition coefficient (Wildman–Crippen LogP) is 3.45. The van der Waals surface area contributed by atoms with Gasteiger partial charge >= 0.3 is 0 Å². The third-order valence-corrected chi connectivity index (χ3v) is 6.44. The van der Waals surface area contributed by atoms with E-state index in [-0.39, 0.29) is 17.9 Å². The Kier molecular flexibility index (Phi) is 5.99. The lowest BCUT2D eigenvalue weighted by atomic mass is 9.91. The molecule has 1 atom stereocenters. The first-order valence-electron chi connectivity index (χ1n) is 10.9. The van der Waals surface area contributed by atoms with Gasteiger partial charge in [0, 0.05) is 26.3 Å². The minimum absolute atomic E-state index is 0.0788. The van der Waals surface area contributed by atoms with E-state index in [0.29, 0.717) is 37.6 Å². The van der Waals surface area contributed by atoms with Crippen LogP contribution in [0.25, 0.3) is 11.5 Å². The Morgan fingerprint density at radius 2 is 2.00 bits per heavy atom. The Hall–Kier alpha value is -2.54. The van der Waals surface area contributed by atoms with Gasteiger partial charge in [-0.05, 0) is 50.5 Å². The highest BCUT2D eigenvalue weighted by Gasteiger charge is 2.48. The Labute approximate surface area is 177 Å². The minimum Gasteiger partial charge on any atom is -0.463 e. The maximum absolute atomic E-state index is 13.5. The second-order valence-corrected chi connectivity index (χ2v) is 8.55. The first-order valence-corrected chi connectivity index (χ1v) is 10.9. The molecule has 1 N–H and O–H groups in total. The Morgan fingerprint density at radius 3 is 2.70 bits per heavy atom. The van der Waals surface area contributed by atoms with Crippen LogP contribution in [0.4, 0.5) is 0 Å². The molecule has 2 aliphatic rings. The van der Waals surface area contributed by atoms with Crippen LogP contribution in [0.15, 0.2) is 34.9 Å². The second-order valence-electron chi connectivity index (χ2n) is 8.55. The van der Waals surface area contributed by atoms with Gasteiger partial charge in [-0.2, -0.15) is 0 Å². The summed E-state index contributed by atoms with van der Waals surface area (Å²) in [6.07, 6.45) is 7.82. The van der Waals surface area contributed by atoms with Crippen molar-refractivity contribution in [2.24, 2.45) is 0 Å². The molecule has 2 amide bonds. The minimum atomic E-state index is -0.977. The molecule has 0 radical (unpaired) electrons. The number of carbonyl (C=O) groups is 2. The number of methoxy groups -OCH3 is 1. The van der Waals surface area contributed by atoms with Gasteiger partial charge in [-0.15, -0.1) is 0 Å². The SMILES string of the molecule is COCCCN1C(=O)c2ccc(-c3ccco3)n2C[C@]1(C)C(=O)NC1CCCCC1. The van der Waals surface area contributed by atoms with Gasteiger partial charge < -0.3 is 23.9 Å². The number of nitrogens with zero attached hydrogens (tertiary/aromatic N) is 2. The number of rotatable bonds is 7. The molecule has 0 bridgehead atoms. The quantitative estimate of drug-likeness (QED) is 0.706. The lowest BCUT2D eigenvalue weighted by molar-refractivity contribution is -0.134. The zero-order valence-corrected chi connectivity index (χ0v) is 17.9. The standard InChI is InChI=1S/C23H31N3O4/c1-23(22(28)24-17-8-4-3-5-9-17)16-25-18(20-10-6-15-30-20)11-12-19(25)21(27)26(23)13-7-14-29-2/h6,10-12,15,17H,3-5,7-9,13-14,16H2,1-2H3,(H,24,28)/t23-/m1/s1. The van der Waals surface area contributed by atoms with Crippen molar-refractivity contribution in [1.82, 2.24) is 14.8 Å². The number of hydrogen-bond acceptors (Lipinski definition) is 4. The smallest absolute Gasteiger partial charge is 0.271 e. The molecule has 0 aromatic carbocycles. The lowest BCUT2D eigenvalue weighted by Gasteiger charge is -2.45. The fourth-order valence-corrected chi connectivity index (χ4v) is 4.72. The first-order chi connectivity index (χ1) is 14.5. The maximum Gasteiger partial charge on any atom is 0.271 e. The van der Waals surface area contributed by atoms with E-state index >= 15 is 0 Å². The van der Waals surface area contributed by atoms with E-state index in [0.717, 1.165) is 31.4 Å². The molecular formula is C23H31N3O4. The van der Waals surface area contributed by atoms with Crippen molar-refractivity contribution in [2.75, 3.05) is 20.3 Å². The number of ether oxygens (including phenoxy) is 1. The highest BCUT2D eigenvalue weighted by atomic mass is 16.5. The van der Waals surface area contributed by atoms with Crippen LogP contribution in [-0.2, 0) is 16.1 Å². The summed E-state index contributed by atoms with van der Waals surface area (Å²) in [5.41, 5.74) is 0.425. The number of nitrogens with one attached hydrogen (secondary N) is 1. The normalized spacial score (nSPS) is 22.2. The molecule has 1 saturated carbocycles. The van der Waals surface area contributed by atoms with Gasteiger partial charge in [0.15, 0.2) is 0 Å². The van der Waals surface area contributed by atoms with E-state index in [1.54, 1.807) is 18.3 Å². The molecule has 2 aromatic heterocycles. The van der Waals surface area contributed by atoms with E-state index in [4.69, 9.17) is 9.15 Å². The largest absolute Gasteiger partial charge is 0.463 e. The van der Waals surface area contributed by atoms with Gasteiger partial charge in [-0.25, -0.2) is 0 Å². The van der Waals surface area contributed by atoms with E-state index in [9.17, 15) is 9.59 Å². The van der Waals surface area contributed by atoms with Crippen LogP contribution in [0.2, 0.25) is 0 Å². The molecule has 0 saturated heterocycles. The third-order valence-electron chi connectivity index (χ3n) is 6.44. The summed E-state index contributed by atoms with van der Waals surface area (Å²) in [4.78, 5) is 28.7. The molecule has 1 aliphatic carbocycles. The van der Waals surface area contributed by atoms with Gasteiger partial charge in [-0.1, -0.05) is 19.3 Å². The van der Waals surface area contributed by atoms with Crippen LogP contribution in [-0.4, -0.2) is 53.1 Å². The highest BCUT2D eigenvalue weighted by Crippen LogP contribution is 2.33. The van der Waals surface area contributed by atoms with Crippen molar-refractivity contribution < 1.29 is 18.7 Å². The van der Waals surface area contributed by atoms with Crippen molar-refractivity contribution in [3.8, 4) is 11.5 Å². The number of carbonyl (C=O) groups excluding carboxylic acids is 2. The van der Waals surface area contributed by atoms with Gasteiger partial charge in [0.1, 0.15) is 17.0 Å². The maximum atomic E-state index is 13.5. The molecule has 4 rings (SSSR count). The zero-order chi connectivity index (χ0) is 21.1. The molecule has 0 unspecified atom stereocenters. The highest BCUT2D eigenvalue weighted by molar-refractivity contribution is 6.00. The molecule has 7 nitrogen and oxygen atoms in total. The topological polar surface area (TPSA) is 76.7 Å². The number of fused-ring (bicyclic) bond motifs is 1. The van der Waals surface area contributed by atoms with E-state index in [1.807, 2.05) is 35.8 Å². The fraction of sp³-hybridized carbons (Fsp3) is 0.565. The Bertz CT molecular complexity index is 882. The molecule has 30 heavy (non-hydrogen) atoms. The van der Waals surface area contributed by atoms with Crippen LogP contribution in [0.1, 0.15) is 55.9 Å². The van der Waals surface area contributed by atoms with Gasteiger partial charge in [0.2, 0.25) is 5.91 Å². The molecule has 1 fully saturated rings. The van der Waals surface area contributed by atoms with E-state index < -0.39 is 5.54 Å². The molecule has 3 heterocycles. The number of furan rings is 1. The van der Waals surface area contributed by atoms with Gasteiger partial charge in [0.25, 0.3) is 5.91 Å². The van der Waals surface area contributed by atoms with E-state index in [2.05, 4.69) is 5.32 Å². The Morgan fingerprint density at radius 1 is 1.23 bits per heavy atom. The van der Waals surface area contributed by atoms with Crippen LogP contribution in [0.5, 0.6) is 0 Å². The average Bonchev–Trinajstić information content (AvgIpc) is 3.41. The second kappa shape index (κ2) is 8.68. The van der Waals surface area contributed by atoms with E-state index in [1.165, 1.54) is 6.42 Å². The van der Waals surface area contributed by atoms with Crippen LogP contribution in [0, 0.1) is 0 Å². The molecule has 162 valence electrons. The van der Waals surface area contributed by atoms with Crippen LogP contribution in [0.3, 0.4) is 0 Å². The summed E-state index contributed by atoms with van der Waals surface area (Å²) in [5, 5.41) is 3.25.